The van der Waals surface area contributed by atoms with E-state index in [1.807, 2.05) is 32.9 Å². The summed E-state index contributed by atoms with van der Waals surface area (Å²) in [6.07, 6.45) is 3.29. The van der Waals surface area contributed by atoms with Gasteiger partial charge >= 0.3 is 11.7 Å². The summed E-state index contributed by atoms with van der Waals surface area (Å²) in [5.41, 5.74) is 6.44. The molecule has 5 rings (SSSR count). The minimum Gasteiger partial charge on any atom is -0.348 e. The van der Waals surface area contributed by atoms with Crippen LogP contribution in [0.1, 0.15) is 74.5 Å². The molecule has 218 valence electrons. The summed E-state index contributed by atoms with van der Waals surface area (Å²) in [5, 5.41) is 5.77. The largest absolute Gasteiger partial charge is 0.348 e. The number of benzene rings is 2. The van der Waals surface area contributed by atoms with Crippen LogP contribution in [0.2, 0.25) is 0 Å². The average molecular weight is 565 g/mol. The summed E-state index contributed by atoms with van der Waals surface area (Å²) in [6, 6.07) is 8.33. The summed E-state index contributed by atoms with van der Waals surface area (Å²) in [5.74, 6) is -0.691. The average Bonchev–Trinajstić information content (AvgIpc) is 3.76. The van der Waals surface area contributed by atoms with Gasteiger partial charge in [0.1, 0.15) is 5.82 Å². The van der Waals surface area contributed by atoms with Gasteiger partial charge in [-0.15, -0.1) is 0 Å². The third-order valence-corrected chi connectivity index (χ3v) is 7.90. The highest BCUT2D eigenvalue weighted by atomic mass is 19.1. The predicted octanol–water partition coefficient (Wildman–Crippen LogP) is 3.74. The molecule has 1 aromatic heterocycles. The lowest BCUT2D eigenvalue weighted by molar-refractivity contribution is 0.0913. The van der Waals surface area contributed by atoms with E-state index < -0.39 is 23.1 Å². The number of halogens is 1. The van der Waals surface area contributed by atoms with E-state index in [9.17, 15) is 19.2 Å². The van der Waals surface area contributed by atoms with E-state index in [1.165, 1.54) is 20.1 Å². The molecule has 0 radical (unpaired) electrons. The molecule has 3 amide bonds. The monoisotopic (exact) mass is 564 g/mol. The Bertz CT molecular complexity index is 1590. The second-order valence-electron chi connectivity index (χ2n) is 11.6. The molecule has 4 N–H and O–H groups in total. The van der Waals surface area contributed by atoms with Crippen LogP contribution in [0.5, 0.6) is 0 Å². The van der Waals surface area contributed by atoms with Crippen LogP contribution in [-0.4, -0.2) is 45.1 Å². The number of aromatic nitrogens is 2. The number of carbonyl (C=O) groups is 2. The van der Waals surface area contributed by atoms with Gasteiger partial charge in [0.25, 0.3) is 11.5 Å². The summed E-state index contributed by atoms with van der Waals surface area (Å²) < 4.78 is 17.9. The van der Waals surface area contributed by atoms with Crippen molar-refractivity contribution in [2.45, 2.75) is 71.1 Å². The van der Waals surface area contributed by atoms with Gasteiger partial charge in [0.05, 0.1) is 16.6 Å². The summed E-state index contributed by atoms with van der Waals surface area (Å²) >= 11 is 0. The Morgan fingerprint density at radius 2 is 1.78 bits per heavy atom. The van der Waals surface area contributed by atoms with Gasteiger partial charge in [-0.2, -0.15) is 0 Å². The van der Waals surface area contributed by atoms with Gasteiger partial charge in [0, 0.05) is 49.4 Å². The number of carbonyl (C=O) groups excluding carboxylic acids is 2. The number of hydrogen-bond acceptors (Lipinski definition) is 5. The molecule has 41 heavy (non-hydrogen) atoms. The first kappa shape index (κ1) is 28.5. The second-order valence-corrected chi connectivity index (χ2v) is 11.6. The topological polar surface area (TPSA) is 131 Å². The Hall–Kier alpha value is -3.99. The Balaban J connectivity index is 1.33. The van der Waals surface area contributed by atoms with Crippen LogP contribution < -0.4 is 27.6 Å². The molecule has 1 saturated heterocycles. The van der Waals surface area contributed by atoms with Crippen LogP contribution in [0.25, 0.3) is 10.9 Å². The van der Waals surface area contributed by atoms with Crippen LogP contribution in [0.3, 0.4) is 0 Å². The van der Waals surface area contributed by atoms with Gasteiger partial charge in [-0.3, -0.25) is 18.7 Å². The molecule has 3 aromatic rings. The molecule has 2 heterocycles. The number of likely N-dealkylation sites (tertiary alicyclic amines) is 1. The van der Waals surface area contributed by atoms with Gasteiger partial charge in [0.2, 0.25) is 0 Å². The molecule has 1 unspecified atom stereocenters. The van der Waals surface area contributed by atoms with Crippen molar-refractivity contribution in [1.82, 2.24) is 19.4 Å². The fourth-order valence-electron chi connectivity index (χ4n) is 5.39. The lowest BCUT2D eigenvalue weighted by Crippen LogP contribution is -2.50. The minimum atomic E-state index is -0.740. The molecule has 11 heteroatoms. The van der Waals surface area contributed by atoms with E-state index in [4.69, 9.17) is 5.73 Å². The summed E-state index contributed by atoms with van der Waals surface area (Å²) in [6.45, 7) is 6.51. The highest BCUT2D eigenvalue weighted by molar-refractivity contribution is 5.95. The van der Waals surface area contributed by atoms with Crippen LogP contribution in [0, 0.1) is 11.7 Å². The fourth-order valence-corrected chi connectivity index (χ4v) is 5.39. The minimum absolute atomic E-state index is 0.131. The number of nitrogens with two attached hydrogens (primary N) is 1. The molecule has 0 spiro atoms. The molecule has 1 aliphatic heterocycles. The summed E-state index contributed by atoms with van der Waals surface area (Å²) in [4.78, 5) is 53.9. The van der Waals surface area contributed by atoms with Crippen molar-refractivity contribution in [1.29, 1.82) is 0 Å². The smallest absolute Gasteiger partial charge is 0.331 e. The maximum Gasteiger partial charge on any atom is 0.331 e. The van der Waals surface area contributed by atoms with E-state index in [0.29, 0.717) is 37.4 Å². The van der Waals surface area contributed by atoms with Crippen LogP contribution >= 0.6 is 0 Å². The van der Waals surface area contributed by atoms with Gasteiger partial charge < -0.3 is 21.3 Å². The maximum atomic E-state index is 15.3. The van der Waals surface area contributed by atoms with Crippen LogP contribution in [0.4, 0.5) is 14.9 Å². The van der Waals surface area contributed by atoms with E-state index in [1.54, 1.807) is 12.1 Å². The van der Waals surface area contributed by atoms with Crippen LogP contribution in [0.15, 0.2) is 46.0 Å². The number of amides is 3. The normalized spacial score (nSPS) is 18.0. The number of hydrogen-bond donors (Lipinski definition) is 3. The first-order valence-electron chi connectivity index (χ1n) is 14.2. The van der Waals surface area contributed by atoms with E-state index in [0.717, 1.165) is 24.5 Å². The molecule has 2 aliphatic rings. The van der Waals surface area contributed by atoms with Crippen molar-refractivity contribution in [2.24, 2.45) is 11.7 Å². The molecule has 2 aromatic carbocycles. The SMILES string of the molecule is CC(N)c1ccc(C(=O)N[C@@H]2CCCN(C(=O)Nc3cc4c(=O)n(CC5CC5)c(=O)n(C(C)C)c4cc3F)C2)cc1. The highest BCUT2D eigenvalue weighted by Gasteiger charge is 2.28. The van der Waals surface area contributed by atoms with E-state index in [2.05, 4.69) is 10.6 Å². The van der Waals surface area contributed by atoms with Crippen molar-refractivity contribution >= 4 is 28.5 Å². The lowest BCUT2D eigenvalue weighted by Gasteiger charge is -2.33. The number of rotatable bonds is 7. The molecular weight excluding hydrogens is 527 g/mol. The van der Waals surface area contributed by atoms with Crippen LogP contribution in [-0.2, 0) is 6.54 Å². The quantitative estimate of drug-likeness (QED) is 0.402. The molecular formula is C30H37FN6O4. The molecule has 10 nitrogen and oxygen atoms in total. The maximum absolute atomic E-state index is 15.3. The number of nitrogens with zero attached hydrogens (tertiary/aromatic N) is 3. The number of nitrogens with one attached hydrogen (secondary N) is 2. The predicted molar refractivity (Wildman–Crippen MR) is 156 cm³/mol. The van der Waals surface area contributed by atoms with Gasteiger partial charge in [-0.1, -0.05) is 12.1 Å². The molecule has 2 atom stereocenters. The molecule has 1 saturated carbocycles. The highest BCUT2D eigenvalue weighted by Crippen LogP contribution is 2.30. The Kier molecular flexibility index (Phi) is 7.99. The lowest BCUT2D eigenvalue weighted by atomic mass is 10.0. The standard InChI is InChI=1S/C30H37FN6O4/c1-17(2)37-26-14-24(31)25(13-23(26)28(39)36(30(37)41)15-19-6-7-19)34-29(40)35-12-4-5-22(16-35)33-27(38)21-10-8-20(9-11-21)18(3)32/h8-11,13-14,17-19,22H,4-7,12,15-16,32H2,1-3H3,(H,33,38)(H,34,40)/t18?,22-/m1/s1. The van der Waals surface area contributed by atoms with Gasteiger partial charge in [-0.05, 0) is 76.1 Å². The van der Waals surface area contributed by atoms with Gasteiger partial charge in [0.15, 0.2) is 0 Å². The Morgan fingerprint density at radius 3 is 2.41 bits per heavy atom. The molecule has 1 aliphatic carbocycles. The molecule has 0 bridgehead atoms. The Morgan fingerprint density at radius 1 is 1.07 bits per heavy atom. The fraction of sp³-hybridized carbons (Fsp3) is 0.467. The van der Waals surface area contributed by atoms with Crippen molar-refractivity contribution in [3.8, 4) is 0 Å². The van der Waals surface area contributed by atoms with Crippen molar-refractivity contribution in [2.75, 3.05) is 18.4 Å². The van der Waals surface area contributed by atoms with E-state index >= 15 is 4.39 Å². The number of fused-ring (bicyclic) bond motifs is 1. The third kappa shape index (κ3) is 6.04. The number of urea groups is 1. The second kappa shape index (κ2) is 11.5. The number of anilines is 1. The zero-order chi connectivity index (χ0) is 29.4. The summed E-state index contributed by atoms with van der Waals surface area (Å²) in [7, 11) is 0. The van der Waals surface area contributed by atoms with Gasteiger partial charge in [-0.25, -0.2) is 14.0 Å². The van der Waals surface area contributed by atoms with Crippen molar-refractivity contribution < 1.29 is 14.0 Å². The first-order valence-corrected chi connectivity index (χ1v) is 14.2. The van der Waals surface area contributed by atoms with E-state index in [-0.39, 0.29) is 47.2 Å². The van der Waals surface area contributed by atoms with Crippen molar-refractivity contribution in [3.05, 3.63) is 74.2 Å². The zero-order valence-electron chi connectivity index (χ0n) is 23.7. The first-order chi connectivity index (χ1) is 19.5. The third-order valence-electron chi connectivity index (χ3n) is 7.90. The van der Waals surface area contributed by atoms with Crippen molar-refractivity contribution in [3.63, 3.8) is 0 Å². The molecule has 2 fully saturated rings. The number of piperidine rings is 1. The Labute approximate surface area is 237 Å². The zero-order valence-corrected chi connectivity index (χ0v) is 23.7.